The summed E-state index contributed by atoms with van der Waals surface area (Å²) in [6, 6.07) is 0. The van der Waals surface area contributed by atoms with E-state index in [4.69, 9.17) is 14.2 Å². The lowest BCUT2D eigenvalue weighted by Crippen LogP contribution is -2.28. The second-order valence-electron chi connectivity index (χ2n) is 7.57. The van der Waals surface area contributed by atoms with Crippen LogP contribution >= 0.6 is 45.2 Å². The van der Waals surface area contributed by atoms with E-state index in [1.54, 1.807) is 0 Å². The lowest BCUT2D eigenvalue weighted by Gasteiger charge is -2.26. The topological polar surface area (TPSA) is 27.7 Å². The molecule has 164 valence electrons. The number of ether oxygens (including phenoxy) is 3. The van der Waals surface area contributed by atoms with Gasteiger partial charge in [0.25, 0.3) is 0 Å². The summed E-state index contributed by atoms with van der Waals surface area (Å²) in [6.45, 7) is 10.6. The van der Waals surface area contributed by atoms with E-state index in [1.807, 2.05) is 0 Å². The fourth-order valence-electron chi connectivity index (χ4n) is 2.82. The molecule has 0 radical (unpaired) electrons. The first-order valence-corrected chi connectivity index (χ1v) is 13.6. The summed E-state index contributed by atoms with van der Waals surface area (Å²) in [5.41, 5.74) is 0. The van der Waals surface area contributed by atoms with Crippen molar-refractivity contribution in [2.75, 3.05) is 13.2 Å². The molecule has 0 spiro atoms. The van der Waals surface area contributed by atoms with Crippen LogP contribution in [0.2, 0.25) is 0 Å². The Kier molecular flexibility index (Phi) is 21.6. The molecule has 0 aliphatic heterocycles. The molecule has 0 aromatic rings. The molecule has 0 fully saturated rings. The van der Waals surface area contributed by atoms with E-state index in [0.29, 0.717) is 7.85 Å². The first-order valence-electron chi connectivity index (χ1n) is 11.2. The molecule has 0 saturated carbocycles. The minimum atomic E-state index is -0.120. The Balaban J connectivity index is 4.51. The van der Waals surface area contributed by atoms with Gasteiger partial charge in [-0.15, -0.1) is 0 Å². The van der Waals surface area contributed by atoms with Crippen molar-refractivity contribution in [1.29, 1.82) is 0 Å². The van der Waals surface area contributed by atoms with E-state index < -0.39 is 0 Å². The van der Waals surface area contributed by atoms with Crippen LogP contribution in [0, 0.1) is 0 Å². The maximum absolute atomic E-state index is 6.33. The van der Waals surface area contributed by atoms with Crippen LogP contribution in [-0.2, 0) is 14.2 Å². The van der Waals surface area contributed by atoms with Gasteiger partial charge in [-0.2, -0.15) is 0 Å². The van der Waals surface area contributed by atoms with Crippen LogP contribution in [0.3, 0.4) is 0 Å². The first kappa shape index (κ1) is 28.3. The Morgan fingerprint density at radius 1 is 0.593 bits per heavy atom. The summed E-state index contributed by atoms with van der Waals surface area (Å²) >= 11 is 5.00. The highest BCUT2D eigenvalue weighted by Gasteiger charge is 2.18. The zero-order chi connectivity index (χ0) is 20.3. The van der Waals surface area contributed by atoms with Gasteiger partial charge in [0.05, 0.1) is 0 Å². The minimum absolute atomic E-state index is 0.120. The molecule has 0 aliphatic carbocycles. The smallest absolute Gasteiger partial charge is 0.160 e. The third-order valence-corrected chi connectivity index (χ3v) is 5.74. The SMILES string of the molecule is CCCCCOC(CCCC(C)I)OC(CCCC(C)I)OCCCCC. The second-order valence-corrected chi connectivity index (χ2v) is 11.8. The van der Waals surface area contributed by atoms with E-state index in [9.17, 15) is 0 Å². The van der Waals surface area contributed by atoms with Crippen LogP contribution < -0.4 is 0 Å². The molecule has 3 nitrogen and oxygen atoms in total. The lowest BCUT2D eigenvalue weighted by molar-refractivity contribution is -0.250. The molecule has 0 aromatic heterocycles. The zero-order valence-electron chi connectivity index (χ0n) is 18.2. The van der Waals surface area contributed by atoms with Gasteiger partial charge in [0.1, 0.15) is 0 Å². The predicted molar refractivity (Wildman–Crippen MR) is 134 cm³/mol. The second kappa shape index (κ2) is 20.6. The largest absolute Gasteiger partial charge is 0.353 e. The Morgan fingerprint density at radius 2 is 1.00 bits per heavy atom. The van der Waals surface area contributed by atoms with Crippen LogP contribution in [0.1, 0.15) is 105 Å². The Labute approximate surface area is 196 Å². The summed E-state index contributed by atoms with van der Waals surface area (Å²) in [6.07, 6.45) is 13.6. The van der Waals surface area contributed by atoms with Gasteiger partial charge in [-0.05, 0) is 51.4 Å². The van der Waals surface area contributed by atoms with Crippen molar-refractivity contribution >= 4 is 45.2 Å². The summed E-state index contributed by atoms with van der Waals surface area (Å²) in [5, 5.41) is 0. The van der Waals surface area contributed by atoms with Gasteiger partial charge < -0.3 is 14.2 Å². The third-order valence-electron chi connectivity index (χ3n) is 4.49. The van der Waals surface area contributed by atoms with Crippen molar-refractivity contribution in [3.05, 3.63) is 0 Å². The monoisotopic (exact) mass is 610 g/mol. The van der Waals surface area contributed by atoms with Crippen molar-refractivity contribution < 1.29 is 14.2 Å². The zero-order valence-corrected chi connectivity index (χ0v) is 22.5. The van der Waals surface area contributed by atoms with E-state index >= 15 is 0 Å². The molecular formula is C22H44I2O3. The quantitative estimate of drug-likeness (QED) is 0.0605. The number of halogens is 2. The molecule has 0 rings (SSSR count). The molecule has 0 saturated heterocycles. The van der Waals surface area contributed by atoms with Crippen molar-refractivity contribution in [3.63, 3.8) is 0 Å². The number of unbranched alkanes of at least 4 members (excludes halogenated alkanes) is 4. The maximum Gasteiger partial charge on any atom is 0.160 e. The standard InChI is InChI=1S/C22H44I2O3/c1-5-7-9-17-25-21(15-11-13-19(3)23)27-22(16-12-14-20(4)24)26-18-10-8-6-2/h19-22H,5-18H2,1-4H3. The Bertz CT molecular complexity index is 273. The molecule has 0 heterocycles. The number of alkyl halides is 2. The lowest BCUT2D eigenvalue weighted by atomic mass is 10.2. The summed E-state index contributed by atoms with van der Waals surface area (Å²) in [7, 11) is 0. The predicted octanol–water partition coefficient (Wildman–Crippen LogP) is 8.06. The molecule has 4 unspecified atom stereocenters. The molecule has 0 bridgehead atoms. The average Bonchev–Trinajstić information content (AvgIpc) is 2.61. The fourth-order valence-corrected chi connectivity index (χ4v) is 3.70. The van der Waals surface area contributed by atoms with Crippen LogP contribution in [0.5, 0.6) is 0 Å². The Morgan fingerprint density at radius 3 is 1.33 bits per heavy atom. The summed E-state index contributed by atoms with van der Waals surface area (Å²) in [5.74, 6) is 0. The van der Waals surface area contributed by atoms with Gasteiger partial charge in [0, 0.05) is 21.1 Å². The van der Waals surface area contributed by atoms with Crippen molar-refractivity contribution in [2.24, 2.45) is 0 Å². The minimum Gasteiger partial charge on any atom is -0.353 e. The molecular weight excluding hydrogens is 566 g/mol. The normalized spacial score (nSPS) is 16.2. The first-order chi connectivity index (χ1) is 13.0. The van der Waals surface area contributed by atoms with Crippen molar-refractivity contribution in [1.82, 2.24) is 0 Å². The fraction of sp³-hybridized carbons (Fsp3) is 1.00. The Hall–Kier alpha value is 1.34. The van der Waals surface area contributed by atoms with E-state index in [1.165, 1.54) is 38.5 Å². The van der Waals surface area contributed by atoms with Crippen molar-refractivity contribution in [2.45, 2.75) is 125 Å². The molecule has 0 amide bonds. The van der Waals surface area contributed by atoms with Crippen LogP contribution in [0.25, 0.3) is 0 Å². The third kappa shape index (κ3) is 20.4. The van der Waals surface area contributed by atoms with Gasteiger partial charge in [0.2, 0.25) is 0 Å². The highest BCUT2D eigenvalue weighted by atomic mass is 127. The summed E-state index contributed by atoms with van der Waals surface area (Å²) in [4.78, 5) is 0. The van der Waals surface area contributed by atoms with Gasteiger partial charge in [0.15, 0.2) is 12.6 Å². The molecule has 4 atom stereocenters. The van der Waals surface area contributed by atoms with Crippen LogP contribution in [-0.4, -0.2) is 33.6 Å². The molecule has 5 heteroatoms. The van der Waals surface area contributed by atoms with Crippen LogP contribution in [0.15, 0.2) is 0 Å². The van der Waals surface area contributed by atoms with E-state index in [-0.39, 0.29) is 12.6 Å². The molecule has 0 N–H and O–H groups in total. The number of hydrogen-bond acceptors (Lipinski definition) is 3. The average molecular weight is 610 g/mol. The maximum atomic E-state index is 6.33. The van der Waals surface area contributed by atoms with E-state index in [2.05, 4.69) is 72.9 Å². The summed E-state index contributed by atoms with van der Waals surface area (Å²) < 4.78 is 19.9. The van der Waals surface area contributed by atoms with Gasteiger partial charge in [-0.1, -0.05) is 98.6 Å². The molecule has 0 aromatic carbocycles. The van der Waals surface area contributed by atoms with Crippen molar-refractivity contribution in [3.8, 4) is 0 Å². The van der Waals surface area contributed by atoms with Crippen LogP contribution in [0.4, 0.5) is 0 Å². The number of rotatable bonds is 20. The number of hydrogen-bond donors (Lipinski definition) is 0. The molecule has 0 aliphatic rings. The van der Waals surface area contributed by atoms with E-state index in [0.717, 1.165) is 51.7 Å². The van der Waals surface area contributed by atoms with Gasteiger partial charge in [-0.3, -0.25) is 0 Å². The highest BCUT2D eigenvalue weighted by molar-refractivity contribution is 14.1. The molecule has 27 heavy (non-hydrogen) atoms. The van der Waals surface area contributed by atoms with Gasteiger partial charge in [-0.25, -0.2) is 0 Å². The highest BCUT2D eigenvalue weighted by Crippen LogP contribution is 2.19. The van der Waals surface area contributed by atoms with Gasteiger partial charge >= 0.3 is 0 Å².